The van der Waals surface area contributed by atoms with E-state index >= 15 is 0 Å². The summed E-state index contributed by atoms with van der Waals surface area (Å²) >= 11 is 1.64. The van der Waals surface area contributed by atoms with Crippen LogP contribution >= 0.6 is 11.3 Å². The lowest BCUT2D eigenvalue weighted by Crippen LogP contribution is -2.10. The van der Waals surface area contributed by atoms with E-state index in [2.05, 4.69) is 5.38 Å². The summed E-state index contributed by atoms with van der Waals surface area (Å²) in [6.07, 6.45) is 0.132. The second kappa shape index (κ2) is 9.06. The topological polar surface area (TPSA) is 55.8 Å². The fourth-order valence-corrected chi connectivity index (χ4v) is 3.21. The van der Waals surface area contributed by atoms with Crippen LogP contribution in [0.4, 0.5) is 0 Å². The number of benzene rings is 2. The molecule has 5 heteroatoms. The van der Waals surface area contributed by atoms with Crippen molar-refractivity contribution in [2.75, 3.05) is 0 Å². The number of hydrogen-bond acceptors (Lipinski definition) is 4. The van der Waals surface area contributed by atoms with Crippen LogP contribution in [-0.4, -0.2) is 11.1 Å². The van der Waals surface area contributed by atoms with Crippen LogP contribution in [0.3, 0.4) is 0 Å². The molecule has 26 heavy (non-hydrogen) atoms. The molecular formula is C21H20O4S. The van der Waals surface area contributed by atoms with Gasteiger partial charge in [0.05, 0.1) is 0 Å². The van der Waals surface area contributed by atoms with Gasteiger partial charge >= 0.3 is 5.97 Å². The highest BCUT2D eigenvalue weighted by molar-refractivity contribution is 7.07. The maximum absolute atomic E-state index is 11.0. The Hall–Kier alpha value is -2.79. The minimum atomic E-state index is -0.831. The Bertz CT molecular complexity index is 815. The van der Waals surface area contributed by atoms with Crippen molar-refractivity contribution >= 4 is 17.3 Å². The molecule has 0 saturated carbocycles. The minimum absolute atomic E-state index is 0.0495. The van der Waals surface area contributed by atoms with Gasteiger partial charge in [-0.15, -0.1) is 0 Å². The molecule has 0 aliphatic rings. The molecule has 0 aliphatic carbocycles. The number of rotatable bonds is 9. The van der Waals surface area contributed by atoms with Crippen molar-refractivity contribution in [1.29, 1.82) is 0 Å². The number of carboxylic acids is 1. The molecule has 1 N–H and O–H groups in total. The molecule has 1 atom stereocenters. The van der Waals surface area contributed by atoms with Gasteiger partial charge in [-0.3, -0.25) is 4.79 Å². The fourth-order valence-electron chi connectivity index (χ4n) is 2.56. The number of aliphatic carboxylic acids is 1. The van der Waals surface area contributed by atoms with Crippen molar-refractivity contribution in [3.63, 3.8) is 0 Å². The van der Waals surface area contributed by atoms with Gasteiger partial charge in [-0.25, -0.2) is 0 Å². The Kier molecular flexibility index (Phi) is 6.28. The van der Waals surface area contributed by atoms with E-state index in [4.69, 9.17) is 14.6 Å². The Labute approximate surface area is 156 Å². The average Bonchev–Trinajstić information content (AvgIpc) is 3.18. The zero-order chi connectivity index (χ0) is 18.2. The molecular weight excluding hydrogens is 348 g/mol. The Morgan fingerprint density at radius 3 is 2.58 bits per heavy atom. The molecule has 0 radical (unpaired) electrons. The summed E-state index contributed by atoms with van der Waals surface area (Å²) in [6.45, 7) is 0.508. The molecule has 0 saturated heterocycles. The summed E-state index contributed by atoms with van der Waals surface area (Å²) < 4.78 is 11.9. The van der Waals surface area contributed by atoms with Crippen molar-refractivity contribution in [1.82, 2.24) is 0 Å². The van der Waals surface area contributed by atoms with Gasteiger partial charge in [0.25, 0.3) is 0 Å². The van der Waals surface area contributed by atoms with E-state index < -0.39 is 5.97 Å². The van der Waals surface area contributed by atoms with Crippen LogP contribution in [0.1, 0.15) is 30.1 Å². The van der Waals surface area contributed by atoms with Crippen LogP contribution in [0.5, 0.6) is 11.5 Å². The summed E-state index contributed by atoms with van der Waals surface area (Å²) in [7, 11) is 0. The molecule has 2 aromatic carbocycles. The van der Waals surface area contributed by atoms with E-state index in [0.29, 0.717) is 18.8 Å². The molecule has 4 nitrogen and oxygen atoms in total. The highest BCUT2D eigenvalue weighted by Gasteiger charge is 2.15. The van der Waals surface area contributed by atoms with Crippen LogP contribution in [0.15, 0.2) is 71.4 Å². The lowest BCUT2D eigenvalue weighted by atomic mass is 10.0. The summed E-state index contributed by atoms with van der Waals surface area (Å²) in [5.41, 5.74) is 2.09. The van der Waals surface area contributed by atoms with E-state index in [-0.39, 0.29) is 12.5 Å². The van der Waals surface area contributed by atoms with Gasteiger partial charge in [-0.05, 0) is 46.5 Å². The SMILES string of the molecule is O=C(O)CCC(Oc1cccc(OCc2ccsc2)c1)c1ccccc1. The molecule has 0 spiro atoms. The van der Waals surface area contributed by atoms with Crippen molar-refractivity contribution in [2.24, 2.45) is 0 Å². The summed E-state index contributed by atoms with van der Waals surface area (Å²) in [4.78, 5) is 11.0. The maximum atomic E-state index is 11.0. The van der Waals surface area contributed by atoms with E-state index in [1.165, 1.54) is 0 Å². The Morgan fingerprint density at radius 1 is 1.04 bits per heavy atom. The van der Waals surface area contributed by atoms with Crippen LogP contribution in [0.25, 0.3) is 0 Å². The third-order valence-corrected chi connectivity index (χ3v) is 4.59. The van der Waals surface area contributed by atoms with Gasteiger partial charge < -0.3 is 14.6 Å². The molecule has 3 aromatic rings. The van der Waals surface area contributed by atoms with E-state index in [9.17, 15) is 4.79 Å². The molecule has 1 heterocycles. The molecule has 0 fully saturated rings. The minimum Gasteiger partial charge on any atom is -0.489 e. The zero-order valence-corrected chi connectivity index (χ0v) is 15.0. The lowest BCUT2D eigenvalue weighted by molar-refractivity contribution is -0.137. The molecule has 134 valence electrons. The smallest absolute Gasteiger partial charge is 0.303 e. The predicted molar refractivity (Wildman–Crippen MR) is 102 cm³/mol. The third-order valence-electron chi connectivity index (χ3n) is 3.86. The van der Waals surface area contributed by atoms with Crippen LogP contribution in [-0.2, 0) is 11.4 Å². The first kappa shape index (κ1) is 18.0. The summed E-state index contributed by atoms with van der Waals surface area (Å²) in [6, 6.07) is 19.1. The molecule has 1 aromatic heterocycles. The molecule has 0 amide bonds. The summed E-state index contributed by atoms with van der Waals surface area (Å²) in [5, 5.41) is 13.1. The number of hydrogen-bond donors (Lipinski definition) is 1. The van der Waals surface area contributed by atoms with E-state index in [0.717, 1.165) is 16.9 Å². The molecule has 1 unspecified atom stereocenters. The second-order valence-corrected chi connectivity index (χ2v) is 6.62. The van der Waals surface area contributed by atoms with E-state index in [1.54, 1.807) is 11.3 Å². The monoisotopic (exact) mass is 368 g/mol. The van der Waals surface area contributed by atoms with Gasteiger partial charge in [-0.1, -0.05) is 36.4 Å². The van der Waals surface area contributed by atoms with Crippen molar-refractivity contribution < 1.29 is 19.4 Å². The van der Waals surface area contributed by atoms with Gasteiger partial charge in [0.1, 0.15) is 24.2 Å². The molecule has 3 rings (SSSR count). The predicted octanol–water partition coefficient (Wildman–Crippen LogP) is 5.31. The molecule has 0 bridgehead atoms. The number of thiophene rings is 1. The number of carboxylic acid groups (broad SMARTS) is 1. The first-order valence-electron chi connectivity index (χ1n) is 8.38. The largest absolute Gasteiger partial charge is 0.489 e. The zero-order valence-electron chi connectivity index (χ0n) is 14.2. The fraction of sp³-hybridized carbons (Fsp3) is 0.190. The first-order chi connectivity index (χ1) is 12.7. The van der Waals surface area contributed by atoms with Gasteiger partial charge in [-0.2, -0.15) is 11.3 Å². The van der Waals surface area contributed by atoms with Gasteiger partial charge in [0.2, 0.25) is 0 Å². The van der Waals surface area contributed by atoms with Crippen molar-refractivity contribution in [3.05, 3.63) is 82.6 Å². The Balaban J connectivity index is 1.69. The lowest BCUT2D eigenvalue weighted by Gasteiger charge is -2.19. The highest BCUT2D eigenvalue weighted by Crippen LogP contribution is 2.28. The second-order valence-electron chi connectivity index (χ2n) is 5.84. The Morgan fingerprint density at radius 2 is 1.85 bits per heavy atom. The third kappa shape index (κ3) is 5.36. The quantitative estimate of drug-likeness (QED) is 0.556. The average molecular weight is 368 g/mol. The standard InChI is InChI=1S/C21H20O4S/c22-21(23)10-9-20(17-5-2-1-3-6-17)25-19-8-4-7-18(13-19)24-14-16-11-12-26-15-16/h1-8,11-13,15,20H,9-10,14H2,(H,22,23). The number of ether oxygens (including phenoxy) is 2. The highest BCUT2D eigenvalue weighted by atomic mass is 32.1. The maximum Gasteiger partial charge on any atom is 0.303 e. The van der Waals surface area contributed by atoms with Crippen LogP contribution in [0, 0.1) is 0 Å². The van der Waals surface area contributed by atoms with Crippen molar-refractivity contribution in [3.8, 4) is 11.5 Å². The van der Waals surface area contributed by atoms with E-state index in [1.807, 2.05) is 66.0 Å². The van der Waals surface area contributed by atoms with Crippen molar-refractivity contribution in [2.45, 2.75) is 25.6 Å². The van der Waals surface area contributed by atoms with Crippen LogP contribution in [0.2, 0.25) is 0 Å². The first-order valence-corrected chi connectivity index (χ1v) is 9.32. The van der Waals surface area contributed by atoms with Crippen LogP contribution < -0.4 is 9.47 Å². The molecule has 0 aliphatic heterocycles. The van der Waals surface area contributed by atoms with Gasteiger partial charge in [0.15, 0.2) is 0 Å². The number of carbonyl (C=O) groups is 1. The van der Waals surface area contributed by atoms with Gasteiger partial charge in [0, 0.05) is 12.5 Å². The summed E-state index contributed by atoms with van der Waals surface area (Å²) in [5.74, 6) is 0.549. The normalized spacial score (nSPS) is 11.7.